The highest BCUT2D eigenvalue weighted by molar-refractivity contribution is 5.76. The summed E-state index contributed by atoms with van der Waals surface area (Å²) in [6.45, 7) is 5.39. The first-order chi connectivity index (χ1) is 7.66. The number of hydrogen-bond acceptors (Lipinski definition) is 4. The van der Waals surface area contributed by atoms with E-state index in [1.165, 1.54) is 18.5 Å². The molecule has 0 atom stereocenters. The van der Waals surface area contributed by atoms with Crippen LogP contribution in [0.25, 0.3) is 0 Å². The minimum atomic E-state index is 0.492. The van der Waals surface area contributed by atoms with Gasteiger partial charge in [-0.25, -0.2) is 4.98 Å². The third kappa shape index (κ3) is 1.40. The van der Waals surface area contributed by atoms with Crippen LogP contribution in [0.1, 0.15) is 26.7 Å². The van der Waals surface area contributed by atoms with Crippen LogP contribution >= 0.6 is 0 Å². The van der Waals surface area contributed by atoms with Gasteiger partial charge in [-0.05, 0) is 32.8 Å². The zero-order chi connectivity index (χ0) is 11.3. The van der Waals surface area contributed by atoms with Gasteiger partial charge in [-0.2, -0.15) is 0 Å². The Bertz CT molecular complexity index is 411. The molecule has 0 unspecified atom stereocenters. The monoisotopic (exact) mass is 218 g/mol. The average Bonchev–Trinajstić information content (AvgIpc) is 2.99. The highest BCUT2D eigenvalue weighted by Crippen LogP contribution is 2.42. The van der Waals surface area contributed by atoms with E-state index in [1.54, 1.807) is 6.20 Å². The fraction of sp³-hybridized carbons (Fsp3) is 0.583. The van der Waals surface area contributed by atoms with Crippen molar-refractivity contribution >= 4 is 17.2 Å². The fourth-order valence-electron chi connectivity index (χ4n) is 2.32. The van der Waals surface area contributed by atoms with Gasteiger partial charge in [0.15, 0.2) is 5.82 Å². The zero-order valence-electron chi connectivity index (χ0n) is 9.85. The van der Waals surface area contributed by atoms with Gasteiger partial charge in [-0.3, -0.25) is 0 Å². The molecule has 4 heteroatoms. The van der Waals surface area contributed by atoms with E-state index >= 15 is 0 Å². The quantitative estimate of drug-likeness (QED) is 0.822. The number of nitrogen functional groups attached to an aromatic ring is 1. The second kappa shape index (κ2) is 3.27. The van der Waals surface area contributed by atoms with Gasteiger partial charge in [0.1, 0.15) is 0 Å². The second-order valence-electron chi connectivity index (χ2n) is 5.02. The van der Waals surface area contributed by atoms with Crippen molar-refractivity contribution in [2.24, 2.45) is 0 Å². The Hall–Kier alpha value is -1.45. The highest BCUT2D eigenvalue weighted by Gasteiger charge is 2.38. The third-order valence-corrected chi connectivity index (χ3v) is 3.37. The van der Waals surface area contributed by atoms with Gasteiger partial charge in [-0.15, -0.1) is 0 Å². The smallest absolute Gasteiger partial charge is 0.154 e. The molecule has 1 aromatic heterocycles. The lowest BCUT2D eigenvalue weighted by molar-refractivity contribution is 0.678. The summed E-state index contributed by atoms with van der Waals surface area (Å²) in [5, 5.41) is 0. The summed E-state index contributed by atoms with van der Waals surface area (Å²) in [4.78, 5) is 9.28. The summed E-state index contributed by atoms with van der Waals surface area (Å²) in [5.74, 6) is 1.12. The van der Waals surface area contributed by atoms with Crippen LogP contribution in [0.4, 0.5) is 17.2 Å². The molecule has 0 bridgehead atoms. The van der Waals surface area contributed by atoms with Crippen LogP contribution in [0.3, 0.4) is 0 Å². The Morgan fingerprint density at radius 3 is 2.81 bits per heavy atom. The third-order valence-electron chi connectivity index (χ3n) is 3.37. The van der Waals surface area contributed by atoms with E-state index in [1.807, 2.05) is 6.07 Å². The molecule has 0 spiro atoms. The summed E-state index contributed by atoms with van der Waals surface area (Å²) in [5.41, 5.74) is 7.77. The molecule has 1 saturated carbocycles. The maximum absolute atomic E-state index is 5.82. The zero-order valence-corrected chi connectivity index (χ0v) is 9.85. The molecular formula is C12H18N4. The van der Waals surface area contributed by atoms with Crippen molar-refractivity contribution in [2.45, 2.75) is 38.8 Å². The van der Waals surface area contributed by atoms with Crippen LogP contribution < -0.4 is 15.5 Å². The molecular weight excluding hydrogens is 200 g/mol. The van der Waals surface area contributed by atoms with Gasteiger partial charge >= 0.3 is 0 Å². The first-order valence-electron chi connectivity index (χ1n) is 5.95. The summed E-state index contributed by atoms with van der Waals surface area (Å²) < 4.78 is 0. The normalized spacial score (nSPS) is 19.4. The van der Waals surface area contributed by atoms with E-state index in [4.69, 9.17) is 5.73 Å². The number of rotatable bonds is 2. The highest BCUT2D eigenvalue weighted by atomic mass is 15.4. The number of nitrogens with two attached hydrogens (primary N) is 1. The number of hydrogen-bond donors (Lipinski definition) is 1. The first kappa shape index (κ1) is 9.75. The molecule has 86 valence electrons. The average molecular weight is 218 g/mol. The van der Waals surface area contributed by atoms with Crippen molar-refractivity contribution in [3.8, 4) is 0 Å². The van der Waals surface area contributed by atoms with Gasteiger partial charge in [0, 0.05) is 12.1 Å². The van der Waals surface area contributed by atoms with Crippen molar-refractivity contribution < 1.29 is 0 Å². The lowest BCUT2D eigenvalue weighted by Gasteiger charge is -2.24. The predicted molar refractivity (Wildman–Crippen MR) is 66.6 cm³/mol. The Labute approximate surface area is 96.1 Å². The largest absolute Gasteiger partial charge is 0.397 e. The molecule has 1 aromatic rings. The van der Waals surface area contributed by atoms with Gasteiger partial charge in [0.25, 0.3) is 0 Å². The molecule has 1 aliphatic heterocycles. The molecule has 1 fully saturated rings. The van der Waals surface area contributed by atoms with Gasteiger partial charge in [-0.1, -0.05) is 0 Å². The summed E-state index contributed by atoms with van der Waals surface area (Å²) >= 11 is 0. The van der Waals surface area contributed by atoms with E-state index < -0.39 is 0 Å². The molecule has 1 aliphatic carbocycles. The van der Waals surface area contributed by atoms with Crippen LogP contribution in [0.15, 0.2) is 12.3 Å². The van der Waals surface area contributed by atoms with Crippen molar-refractivity contribution in [1.29, 1.82) is 0 Å². The Morgan fingerprint density at radius 2 is 2.19 bits per heavy atom. The van der Waals surface area contributed by atoms with Crippen molar-refractivity contribution in [2.75, 3.05) is 22.2 Å². The van der Waals surface area contributed by atoms with E-state index in [9.17, 15) is 0 Å². The predicted octanol–water partition coefficient (Wildman–Crippen LogP) is 1.82. The standard InChI is InChI=1S/C12H18N4/c1-8(2)15-7-16(10-3-4-10)12-11(15)5-9(13)6-14-12/h5-6,8,10H,3-4,7,13H2,1-2H3. The molecule has 16 heavy (non-hydrogen) atoms. The number of anilines is 3. The molecule has 2 N–H and O–H groups in total. The van der Waals surface area contributed by atoms with Gasteiger partial charge in [0.05, 0.1) is 24.2 Å². The Morgan fingerprint density at radius 1 is 1.44 bits per heavy atom. The van der Waals surface area contributed by atoms with Crippen LogP contribution in [0.5, 0.6) is 0 Å². The molecule has 2 heterocycles. The fourth-order valence-corrected chi connectivity index (χ4v) is 2.32. The summed E-state index contributed by atoms with van der Waals surface area (Å²) in [6, 6.07) is 3.25. The SMILES string of the molecule is CC(C)N1CN(C2CC2)c2ncc(N)cc21. The molecule has 0 radical (unpaired) electrons. The maximum atomic E-state index is 5.82. The van der Waals surface area contributed by atoms with Crippen LogP contribution in [0.2, 0.25) is 0 Å². The second-order valence-corrected chi connectivity index (χ2v) is 5.02. The lowest BCUT2D eigenvalue weighted by atomic mass is 10.3. The van der Waals surface area contributed by atoms with Crippen molar-refractivity contribution in [3.05, 3.63) is 12.3 Å². The summed E-state index contributed by atoms with van der Waals surface area (Å²) in [7, 11) is 0. The van der Waals surface area contributed by atoms with Crippen LogP contribution in [0, 0.1) is 0 Å². The van der Waals surface area contributed by atoms with E-state index in [-0.39, 0.29) is 0 Å². The van der Waals surface area contributed by atoms with E-state index in [2.05, 4.69) is 28.6 Å². The minimum Gasteiger partial charge on any atom is -0.397 e. The first-order valence-corrected chi connectivity index (χ1v) is 5.95. The number of nitrogens with zero attached hydrogens (tertiary/aromatic N) is 3. The van der Waals surface area contributed by atoms with Gasteiger partial charge in [0.2, 0.25) is 0 Å². The molecule has 3 rings (SSSR count). The number of pyridine rings is 1. The molecule has 4 nitrogen and oxygen atoms in total. The van der Waals surface area contributed by atoms with E-state index in [0.717, 1.165) is 18.2 Å². The number of fused-ring (bicyclic) bond motifs is 1. The Balaban J connectivity index is 2.02. The lowest BCUT2D eigenvalue weighted by Crippen LogP contribution is -2.36. The van der Waals surface area contributed by atoms with Crippen molar-refractivity contribution in [3.63, 3.8) is 0 Å². The summed E-state index contributed by atoms with van der Waals surface area (Å²) in [6.07, 6.45) is 4.37. The molecule has 0 saturated heterocycles. The molecule has 0 amide bonds. The van der Waals surface area contributed by atoms with E-state index in [0.29, 0.717) is 12.1 Å². The maximum Gasteiger partial charge on any atom is 0.154 e. The topological polar surface area (TPSA) is 45.4 Å². The molecule has 2 aliphatic rings. The molecule has 0 aromatic carbocycles. The van der Waals surface area contributed by atoms with Gasteiger partial charge < -0.3 is 15.5 Å². The van der Waals surface area contributed by atoms with Crippen LogP contribution in [-0.4, -0.2) is 23.7 Å². The number of aromatic nitrogens is 1. The van der Waals surface area contributed by atoms with Crippen LogP contribution in [-0.2, 0) is 0 Å². The van der Waals surface area contributed by atoms with Crippen molar-refractivity contribution in [1.82, 2.24) is 4.98 Å². The minimum absolute atomic E-state index is 0.492. The Kier molecular flexibility index (Phi) is 1.99.